The summed E-state index contributed by atoms with van der Waals surface area (Å²) in [6, 6.07) is 0. The summed E-state index contributed by atoms with van der Waals surface area (Å²) >= 11 is 0. The van der Waals surface area contributed by atoms with Crippen LogP contribution in [0.4, 0.5) is 11.6 Å². The molecule has 2 heterocycles. The zero-order valence-corrected chi connectivity index (χ0v) is 11.3. The van der Waals surface area contributed by atoms with Crippen LogP contribution in [-0.4, -0.2) is 47.7 Å². The Balaban J connectivity index is 2.33. The molecule has 0 aromatic carbocycles. The fourth-order valence-electron chi connectivity index (χ4n) is 2.45. The minimum Gasteiger partial charge on any atom is -0.465 e. The molecule has 1 saturated heterocycles. The molecule has 0 aliphatic carbocycles. The van der Waals surface area contributed by atoms with Crippen molar-refractivity contribution in [2.45, 2.75) is 12.8 Å². The Morgan fingerprint density at radius 2 is 2.37 bits per heavy atom. The highest BCUT2D eigenvalue weighted by atomic mass is 16.5. The summed E-state index contributed by atoms with van der Waals surface area (Å²) in [6.07, 6.45) is 1.95. The van der Waals surface area contributed by atoms with E-state index in [0.29, 0.717) is 23.7 Å². The van der Waals surface area contributed by atoms with Gasteiger partial charge in [-0.2, -0.15) is 5.10 Å². The Hall–Kier alpha value is -1.76. The largest absolute Gasteiger partial charge is 0.465 e. The van der Waals surface area contributed by atoms with Crippen LogP contribution >= 0.6 is 0 Å². The van der Waals surface area contributed by atoms with Gasteiger partial charge < -0.3 is 20.5 Å². The highest BCUT2D eigenvalue weighted by Crippen LogP contribution is 2.29. The normalized spacial score (nSPS) is 19.5. The molecule has 0 spiro atoms. The zero-order chi connectivity index (χ0) is 14.0. The number of esters is 1. The lowest BCUT2D eigenvalue weighted by molar-refractivity contribution is 0.0602. The molecule has 7 nitrogen and oxygen atoms in total. The first-order chi connectivity index (χ1) is 9.08. The van der Waals surface area contributed by atoms with Crippen molar-refractivity contribution in [1.82, 2.24) is 9.78 Å². The number of hydrogen-bond acceptors (Lipinski definition) is 6. The molecule has 0 bridgehead atoms. The second-order valence-electron chi connectivity index (χ2n) is 4.84. The van der Waals surface area contributed by atoms with E-state index in [1.54, 1.807) is 7.05 Å². The molecule has 1 unspecified atom stereocenters. The van der Waals surface area contributed by atoms with Gasteiger partial charge in [-0.3, -0.25) is 4.68 Å². The number of hydrogen-bond donors (Lipinski definition) is 2. The average molecular weight is 268 g/mol. The van der Waals surface area contributed by atoms with E-state index in [0.717, 1.165) is 19.4 Å². The van der Waals surface area contributed by atoms with Crippen LogP contribution < -0.4 is 10.6 Å². The van der Waals surface area contributed by atoms with E-state index < -0.39 is 5.97 Å². The summed E-state index contributed by atoms with van der Waals surface area (Å²) in [4.78, 5) is 13.8. The van der Waals surface area contributed by atoms with Crippen molar-refractivity contribution in [1.29, 1.82) is 0 Å². The van der Waals surface area contributed by atoms with Crippen molar-refractivity contribution < 1.29 is 14.6 Å². The Kier molecular flexibility index (Phi) is 3.94. The second-order valence-corrected chi connectivity index (χ2v) is 4.84. The van der Waals surface area contributed by atoms with E-state index in [-0.39, 0.29) is 12.5 Å². The molecule has 7 heteroatoms. The topological polar surface area (TPSA) is 93.6 Å². The molecule has 0 saturated carbocycles. The van der Waals surface area contributed by atoms with E-state index in [2.05, 4.69) is 5.10 Å². The molecule has 1 aliphatic heterocycles. The third-order valence-corrected chi connectivity index (χ3v) is 3.54. The van der Waals surface area contributed by atoms with Crippen LogP contribution in [0.5, 0.6) is 0 Å². The minimum absolute atomic E-state index is 0.145. The van der Waals surface area contributed by atoms with Gasteiger partial charge in [0.05, 0.1) is 7.11 Å². The Labute approximate surface area is 111 Å². The quantitative estimate of drug-likeness (QED) is 0.749. The van der Waals surface area contributed by atoms with Crippen molar-refractivity contribution in [3.05, 3.63) is 5.56 Å². The van der Waals surface area contributed by atoms with Gasteiger partial charge in [-0.05, 0) is 18.8 Å². The fraction of sp³-hybridized carbons (Fsp3) is 0.667. The number of anilines is 2. The number of ether oxygens (including phenoxy) is 1. The van der Waals surface area contributed by atoms with Crippen molar-refractivity contribution in [3.63, 3.8) is 0 Å². The zero-order valence-electron chi connectivity index (χ0n) is 11.3. The predicted octanol–water partition coefficient (Wildman–Crippen LogP) is -0.00240. The van der Waals surface area contributed by atoms with E-state index >= 15 is 0 Å². The number of aryl methyl sites for hydroxylation is 1. The molecule has 0 amide bonds. The standard InChI is InChI=1S/C12H20N4O3/c1-15-10(13)9(12(18)19-2)11(14-15)16-5-3-4-8(6-16)7-17/h8,17H,3-7,13H2,1-2H3. The van der Waals surface area contributed by atoms with Crippen LogP contribution in [-0.2, 0) is 11.8 Å². The number of aliphatic hydroxyl groups excluding tert-OH is 1. The first-order valence-corrected chi connectivity index (χ1v) is 6.35. The first-order valence-electron chi connectivity index (χ1n) is 6.35. The SMILES string of the molecule is COC(=O)c1c(N2CCCC(CO)C2)nn(C)c1N. The van der Waals surface area contributed by atoms with Gasteiger partial charge >= 0.3 is 5.97 Å². The van der Waals surface area contributed by atoms with Crippen LogP contribution in [0.2, 0.25) is 0 Å². The third kappa shape index (κ3) is 2.51. The molecule has 0 radical (unpaired) electrons. The van der Waals surface area contributed by atoms with Gasteiger partial charge in [0, 0.05) is 26.7 Å². The summed E-state index contributed by atoms with van der Waals surface area (Å²) < 4.78 is 6.24. The number of methoxy groups -OCH3 is 1. The summed E-state index contributed by atoms with van der Waals surface area (Å²) in [6.45, 7) is 1.63. The van der Waals surface area contributed by atoms with E-state index in [1.807, 2.05) is 4.90 Å². The summed E-state index contributed by atoms with van der Waals surface area (Å²) in [5.41, 5.74) is 6.19. The highest BCUT2D eigenvalue weighted by molar-refractivity contribution is 5.99. The van der Waals surface area contributed by atoms with E-state index in [1.165, 1.54) is 11.8 Å². The number of nitrogen functional groups attached to an aromatic ring is 1. The molecule has 1 atom stereocenters. The van der Waals surface area contributed by atoms with Crippen LogP contribution in [0, 0.1) is 5.92 Å². The Bertz CT molecular complexity index is 472. The van der Waals surface area contributed by atoms with Gasteiger partial charge in [-0.25, -0.2) is 4.79 Å². The molecule has 19 heavy (non-hydrogen) atoms. The van der Waals surface area contributed by atoms with Gasteiger partial charge in [0.25, 0.3) is 0 Å². The van der Waals surface area contributed by atoms with Crippen molar-refractivity contribution in [2.75, 3.05) is 37.4 Å². The minimum atomic E-state index is -0.480. The number of carbonyl (C=O) groups is 1. The number of aromatic nitrogens is 2. The van der Waals surface area contributed by atoms with E-state index in [9.17, 15) is 9.90 Å². The number of rotatable bonds is 3. The first kappa shape index (κ1) is 13.7. The monoisotopic (exact) mass is 268 g/mol. The van der Waals surface area contributed by atoms with Gasteiger partial charge in [-0.1, -0.05) is 0 Å². The fourth-order valence-corrected chi connectivity index (χ4v) is 2.45. The maximum Gasteiger partial charge on any atom is 0.345 e. The Morgan fingerprint density at radius 3 is 3.00 bits per heavy atom. The number of nitrogens with two attached hydrogens (primary N) is 1. The highest BCUT2D eigenvalue weighted by Gasteiger charge is 2.29. The predicted molar refractivity (Wildman–Crippen MR) is 71.0 cm³/mol. The number of piperidine rings is 1. The smallest absolute Gasteiger partial charge is 0.345 e. The average Bonchev–Trinajstić information content (AvgIpc) is 2.74. The van der Waals surface area contributed by atoms with Crippen molar-refractivity contribution in [2.24, 2.45) is 13.0 Å². The molecular formula is C12H20N4O3. The molecule has 3 N–H and O–H groups in total. The number of carbonyl (C=O) groups excluding carboxylic acids is 1. The lowest BCUT2D eigenvalue weighted by Crippen LogP contribution is -2.37. The van der Waals surface area contributed by atoms with Gasteiger partial charge in [0.2, 0.25) is 0 Å². The van der Waals surface area contributed by atoms with Crippen LogP contribution in [0.25, 0.3) is 0 Å². The van der Waals surface area contributed by atoms with Gasteiger partial charge in [-0.15, -0.1) is 0 Å². The van der Waals surface area contributed by atoms with Crippen LogP contribution in [0.3, 0.4) is 0 Å². The lowest BCUT2D eigenvalue weighted by atomic mass is 9.99. The summed E-state index contributed by atoms with van der Waals surface area (Å²) in [7, 11) is 3.02. The molecule has 1 aromatic rings. The van der Waals surface area contributed by atoms with Crippen LogP contribution in [0.15, 0.2) is 0 Å². The van der Waals surface area contributed by atoms with Crippen molar-refractivity contribution in [3.8, 4) is 0 Å². The molecule has 1 fully saturated rings. The maximum absolute atomic E-state index is 11.8. The second kappa shape index (κ2) is 5.48. The van der Waals surface area contributed by atoms with Gasteiger partial charge in [0.1, 0.15) is 11.4 Å². The third-order valence-electron chi connectivity index (χ3n) is 3.54. The lowest BCUT2D eigenvalue weighted by Gasteiger charge is -2.32. The van der Waals surface area contributed by atoms with Crippen LogP contribution in [0.1, 0.15) is 23.2 Å². The Morgan fingerprint density at radius 1 is 1.63 bits per heavy atom. The molecule has 1 aliphatic rings. The number of nitrogens with zero attached hydrogens (tertiary/aromatic N) is 3. The van der Waals surface area contributed by atoms with E-state index in [4.69, 9.17) is 10.5 Å². The van der Waals surface area contributed by atoms with Gasteiger partial charge in [0.15, 0.2) is 5.82 Å². The molecule has 2 rings (SSSR count). The summed E-state index contributed by atoms with van der Waals surface area (Å²) in [5.74, 6) is 0.576. The molecule has 106 valence electrons. The molecule has 1 aromatic heterocycles. The maximum atomic E-state index is 11.8. The van der Waals surface area contributed by atoms with Crippen molar-refractivity contribution >= 4 is 17.6 Å². The number of aliphatic hydroxyl groups is 1. The summed E-state index contributed by atoms with van der Waals surface area (Å²) in [5, 5.41) is 13.6. The molecular weight excluding hydrogens is 248 g/mol.